The van der Waals surface area contributed by atoms with E-state index >= 15 is 0 Å². The number of carbonyl (C=O) groups excluding carboxylic acids is 1. The van der Waals surface area contributed by atoms with Gasteiger partial charge in [-0.3, -0.25) is 4.79 Å². The molecule has 2 aromatic rings. The first-order valence-electron chi connectivity index (χ1n) is 8.20. The number of aryl methyl sites for hydroxylation is 2. The van der Waals surface area contributed by atoms with Gasteiger partial charge in [-0.05, 0) is 31.4 Å². The highest BCUT2D eigenvalue weighted by Crippen LogP contribution is 2.24. The van der Waals surface area contributed by atoms with E-state index in [0.717, 1.165) is 17.5 Å². The summed E-state index contributed by atoms with van der Waals surface area (Å²) in [5.41, 5.74) is 10.5. The second-order valence-electron chi connectivity index (χ2n) is 6.17. The molecule has 2 rings (SSSR count). The number of halogens is 1. The number of nitrogens with one attached hydrogen (secondary N) is 1. The standard InChI is InChI=1S/C20H26N2O.ClH/c1-4-7-18(21)20(23)22-19(16-10-5-8-14(2)12-16)17-11-6-9-15(3)13-17;/h5-6,8-13,18-19H,4,7,21H2,1-3H3,(H,22,23);1H. The minimum atomic E-state index is -0.461. The summed E-state index contributed by atoms with van der Waals surface area (Å²) in [7, 11) is 0. The number of rotatable bonds is 6. The molecule has 1 unspecified atom stereocenters. The molecule has 0 bridgehead atoms. The van der Waals surface area contributed by atoms with Crippen molar-refractivity contribution in [3.8, 4) is 0 Å². The first-order chi connectivity index (χ1) is 11.0. The Morgan fingerprint density at radius 1 is 1.04 bits per heavy atom. The minimum Gasteiger partial charge on any atom is -0.344 e. The number of nitrogens with two attached hydrogens (primary N) is 1. The number of amides is 1. The lowest BCUT2D eigenvalue weighted by Gasteiger charge is -2.22. The van der Waals surface area contributed by atoms with Crippen LogP contribution in [0.15, 0.2) is 48.5 Å². The van der Waals surface area contributed by atoms with Gasteiger partial charge in [0, 0.05) is 0 Å². The van der Waals surface area contributed by atoms with Gasteiger partial charge in [0.05, 0.1) is 12.1 Å². The van der Waals surface area contributed by atoms with Crippen molar-refractivity contribution in [3.05, 3.63) is 70.8 Å². The highest BCUT2D eigenvalue weighted by molar-refractivity contribution is 5.85. The fourth-order valence-electron chi connectivity index (χ4n) is 2.75. The van der Waals surface area contributed by atoms with Crippen molar-refractivity contribution in [2.75, 3.05) is 0 Å². The zero-order valence-corrected chi connectivity index (χ0v) is 15.4. The molecule has 4 heteroatoms. The number of benzene rings is 2. The first-order valence-corrected chi connectivity index (χ1v) is 8.20. The van der Waals surface area contributed by atoms with Crippen LogP contribution in [0.25, 0.3) is 0 Å². The van der Waals surface area contributed by atoms with Crippen molar-refractivity contribution in [1.29, 1.82) is 0 Å². The van der Waals surface area contributed by atoms with E-state index in [9.17, 15) is 4.79 Å². The fourth-order valence-corrected chi connectivity index (χ4v) is 2.75. The summed E-state index contributed by atoms with van der Waals surface area (Å²) >= 11 is 0. The van der Waals surface area contributed by atoms with Gasteiger partial charge >= 0.3 is 0 Å². The lowest BCUT2D eigenvalue weighted by molar-refractivity contribution is -0.123. The van der Waals surface area contributed by atoms with Crippen LogP contribution in [0.5, 0.6) is 0 Å². The highest BCUT2D eigenvalue weighted by atomic mass is 35.5. The molecule has 0 fully saturated rings. The average molecular weight is 347 g/mol. The van der Waals surface area contributed by atoms with Crippen LogP contribution in [-0.4, -0.2) is 11.9 Å². The molecule has 24 heavy (non-hydrogen) atoms. The van der Waals surface area contributed by atoms with Gasteiger partial charge in [-0.2, -0.15) is 0 Å². The van der Waals surface area contributed by atoms with Crippen LogP contribution in [0.3, 0.4) is 0 Å². The Balaban J connectivity index is 0.00000288. The summed E-state index contributed by atoms with van der Waals surface area (Å²) in [6.07, 6.45) is 1.59. The molecular formula is C20H27ClN2O. The van der Waals surface area contributed by atoms with E-state index < -0.39 is 6.04 Å². The Morgan fingerprint density at radius 3 is 1.96 bits per heavy atom. The van der Waals surface area contributed by atoms with Gasteiger partial charge in [0.2, 0.25) is 5.91 Å². The third kappa shape index (κ3) is 5.36. The molecule has 0 heterocycles. The number of carbonyl (C=O) groups is 1. The van der Waals surface area contributed by atoms with Crippen molar-refractivity contribution in [2.45, 2.75) is 45.7 Å². The molecular weight excluding hydrogens is 320 g/mol. The van der Waals surface area contributed by atoms with Crippen molar-refractivity contribution in [1.82, 2.24) is 5.32 Å². The van der Waals surface area contributed by atoms with Crippen LogP contribution in [0.4, 0.5) is 0 Å². The molecule has 3 nitrogen and oxygen atoms in total. The van der Waals surface area contributed by atoms with E-state index in [1.165, 1.54) is 11.1 Å². The lowest BCUT2D eigenvalue weighted by atomic mass is 9.95. The van der Waals surface area contributed by atoms with Crippen molar-refractivity contribution in [2.24, 2.45) is 5.73 Å². The maximum absolute atomic E-state index is 12.4. The predicted octanol–water partition coefficient (Wildman–Crippen LogP) is 4.06. The normalized spacial score (nSPS) is 11.7. The zero-order chi connectivity index (χ0) is 16.8. The molecule has 0 saturated carbocycles. The molecule has 0 aliphatic carbocycles. The van der Waals surface area contributed by atoms with E-state index in [4.69, 9.17) is 5.73 Å². The molecule has 130 valence electrons. The van der Waals surface area contributed by atoms with Gasteiger partial charge in [0.25, 0.3) is 0 Å². The summed E-state index contributed by atoms with van der Waals surface area (Å²) in [5.74, 6) is -0.0973. The van der Waals surface area contributed by atoms with Crippen LogP contribution >= 0.6 is 12.4 Å². The predicted molar refractivity (Wildman–Crippen MR) is 102 cm³/mol. The molecule has 0 radical (unpaired) electrons. The summed E-state index contributed by atoms with van der Waals surface area (Å²) < 4.78 is 0. The molecule has 0 aromatic heterocycles. The van der Waals surface area contributed by atoms with Crippen molar-refractivity contribution in [3.63, 3.8) is 0 Å². The molecule has 0 aliphatic rings. The first kappa shape index (κ1) is 20.2. The quantitative estimate of drug-likeness (QED) is 0.828. The van der Waals surface area contributed by atoms with Crippen LogP contribution in [0.2, 0.25) is 0 Å². The molecule has 0 aliphatic heterocycles. The Labute approximate surface area is 151 Å². The molecule has 3 N–H and O–H groups in total. The third-order valence-corrected chi connectivity index (χ3v) is 3.97. The Bertz CT molecular complexity index is 627. The highest BCUT2D eigenvalue weighted by Gasteiger charge is 2.20. The van der Waals surface area contributed by atoms with Crippen molar-refractivity contribution >= 4 is 18.3 Å². The third-order valence-electron chi connectivity index (χ3n) is 3.97. The summed E-state index contributed by atoms with van der Waals surface area (Å²) in [5, 5.41) is 3.12. The van der Waals surface area contributed by atoms with E-state index in [0.29, 0.717) is 6.42 Å². The van der Waals surface area contributed by atoms with Gasteiger partial charge in [-0.1, -0.05) is 73.0 Å². The van der Waals surface area contributed by atoms with Crippen LogP contribution in [0, 0.1) is 13.8 Å². The lowest BCUT2D eigenvalue weighted by Crippen LogP contribution is -2.42. The maximum Gasteiger partial charge on any atom is 0.237 e. The summed E-state index contributed by atoms with van der Waals surface area (Å²) in [6.45, 7) is 6.15. The molecule has 1 atom stereocenters. The number of hydrogen-bond acceptors (Lipinski definition) is 2. The van der Waals surface area contributed by atoms with Crippen molar-refractivity contribution < 1.29 is 4.79 Å². The Hall–Kier alpha value is -1.84. The minimum absolute atomic E-state index is 0. The Kier molecular flexibility index (Phi) is 7.96. The monoisotopic (exact) mass is 346 g/mol. The number of hydrogen-bond donors (Lipinski definition) is 2. The van der Waals surface area contributed by atoms with Gasteiger partial charge in [-0.25, -0.2) is 0 Å². The van der Waals surface area contributed by atoms with Crippen LogP contribution < -0.4 is 11.1 Å². The van der Waals surface area contributed by atoms with Gasteiger partial charge < -0.3 is 11.1 Å². The van der Waals surface area contributed by atoms with E-state index in [2.05, 4.69) is 43.4 Å². The smallest absolute Gasteiger partial charge is 0.237 e. The van der Waals surface area contributed by atoms with Crippen LogP contribution in [0.1, 0.15) is 48.1 Å². The molecule has 0 spiro atoms. The van der Waals surface area contributed by atoms with Gasteiger partial charge in [0.1, 0.15) is 0 Å². The zero-order valence-electron chi connectivity index (χ0n) is 14.6. The second-order valence-corrected chi connectivity index (χ2v) is 6.17. The SMILES string of the molecule is CCCC(N)C(=O)NC(c1cccc(C)c1)c1cccc(C)c1.Cl. The molecule has 0 saturated heterocycles. The second kappa shape index (κ2) is 9.45. The maximum atomic E-state index is 12.4. The van der Waals surface area contributed by atoms with Gasteiger partial charge in [0.15, 0.2) is 0 Å². The van der Waals surface area contributed by atoms with E-state index in [1.807, 2.05) is 31.2 Å². The van der Waals surface area contributed by atoms with Gasteiger partial charge in [-0.15, -0.1) is 12.4 Å². The van der Waals surface area contributed by atoms with E-state index in [-0.39, 0.29) is 24.4 Å². The molecule has 2 aromatic carbocycles. The van der Waals surface area contributed by atoms with Crippen LogP contribution in [-0.2, 0) is 4.79 Å². The average Bonchev–Trinajstić information content (AvgIpc) is 2.52. The summed E-state index contributed by atoms with van der Waals surface area (Å²) in [4.78, 5) is 12.4. The largest absolute Gasteiger partial charge is 0.344 e. The fraction of sp³-hybridized carbons (Fsp3) is 0.350. The summed E-state index contributed by atoms with van der Waals surface area (Å²) in [6, 6.07) is 15.8. The topological polar surface area (TPSA) is 55.1 Å². The Morgan fingerprint density at radius 2 is 1.54 bits per heavy atom. The molecule has 1 amide bonds. The van der Waals surface area contributed by atoms with E-state index in [1.54, 1.807) is 0 Å².